The number of hydrogen-bond acceptors (Lipinski definition) is 5. The number of rotatable bonds is 2. The van der Waals surface area contributed by atoms with Gasteiger partial charge >= 0.3 is 18.1 Å². The van der Waals surface area contributed by atoms with Gasteiger partial charge in [0, 0.05) is 22.8 Å². The molecule has 0 aromatic heterocycles. The number of carbonyl (C=O) groups excluding carboxylic acids is 1. The summed E-state index contributed by atoms with van der Waals surface area (Å²) in [6, 6.07) is 6.93. The highest BCUT2D eigenvalue weighted by Gasteiger charge is 2.65. The van der Waals surface area contributed by atoms with E-state index in [2.05, 4.69) is 5.32 Å². The molecule has 1 atom stereocenters. The predicted molar refractivity (Wildman–Crippen MR) is 91.1 cm³/mol. The lowest BCUT2D eigenvalue weighted by Gasteiger charge is -2.29. The molecule has 1 unspecified atom stereocenters. The van der Waals surface area contributed by atoms with Crippen LogP contribution in [0.25, 0.3) is 0 Å². The zero-order valence-corrected chi connectivity index (χ0v) is 14.7. The van der Waals surface area contributed by atoms with Crippen molar-refractivity contribution in [2.75, 3.05) is 18.5 Å². The van der Waals surface area contributed by atoms with Gasteiger partial charge in [-0.2, -0.15) is 13.2 Å². The number of nitrogens with one attached hydrogen (secondary N) is 2. The fourth-order valence-corrected chi connectivity index (χ4v) is 2.81. The molecule has 7 nitrogen and oxygen atoms in total. The Morgan fingerprint density at radius 1 is 0.964 bits per heavy atom. The van der Waals surface area contributed by atoms with Crippen LogP contribution in [0, 0.1) is 0 Å². The van der Waals surface area contributed by atoms with Gasteiger partial charge in [-0.15, -0.1) is 0 Å². The van der Waals surface area contributed by atoms with E-state index in [-0.39, 0.29) is 22.2 Å². The molecule has 2 amide bonds. The molecule has 28 heavy (non-hydrogen) atoms. The van der Waals surface area contributed by atoms with E-state index in [1.54, 1.807) is 5.32 Å². The largest absolute Gasteiger partial charge is 0.492 e. The molecule has 0 saturated carbocycles. The van der Waals surface area contributed by atoms with E-state index in [0.717, 1.165) is 6.07 Å². The van der Waals surface area contributed by atoms with Crippen LogP contribution in [-0.4, -0.2) is 31.3 Å². The molecule has 2 heterocycles. The SMILES string of the molecule is O=C(Nc1ccc2c(c1)OCCO2)NC1(C(F)(F)F)Oc2ccc(Cl)cc2O1. The zero-order valence-electron chi connectivity index (χ0n) is 13.9. The van der Waals surface area contributed by atoms with Gasteiger partial charge in [-0.3, -0.25) is 5.32 Å². The van der Waals surface area contributed by atoms with Crippen LogP contribution in [0.4, 0.5) is 23.7 Å². The van der Waals surface area contributed by atoms with Gasteiger partial charge in [-0.1, -0.05) is 11.6 Å². The molecule has 0 radical (unpaired) electrons. The number of fused-ring (bicyclic) bond motifs is 2. The monoisotopic (exact) mass is 416 g/mol. The van der Waals surface area contributed by atoms with Crippen molar-refractivity contribution in [3.8, 4) is 23.0 Å². The molecule has 2 N–H and O–H groups in total. The lowest BCUT2D eigenvalue weighted by Crippen LogP contribution is -2.65. The fourth-order valence-electron chi connectivity index (χ4n) is 2.65. The summed E-state index contributed by atoms with van der Waals surface area (Å²) in [6.07, 6.45) is -5.08. The molecule has 4 rings (SSSR count). The third kappa shape index (κ3) is 3.31. The van der Waals surface area contributed by atoms with Gasteiger partial charge in [0.25, 0.3) is 0 Å². The van der Waals surface area contributed by atoms with Crippen LogP contribution >= 0.6 is 11.6 Å². The Bertz CT molecular complexity index is 939. The maximum absolute atomic E-state index is 13.6. The number of urea groups is 1. The smallest absolute Gasteiger partial charge is 0.486 e. The summed E-state index contributed by atoms with van der Waals surface area (Å²) in [5.41, 5.74) is 0.192. The Morgan fingerprint density at radius 3 is 2.39 bits per heavy atom. The molecule has 148 valence electrons. The van der Waals surface area contributed by atoms with Gasteiger partial charge in [0.15, 0.2) is 23.0 Å². The fraction of sp³-hybridized carbons (Fsp3) is 0.235. The minimum atomic E-state index is -5.08. The number of amides is 2. The number of benzene rings is 2. The molecule has 2 aromatic rings. The quantitative estimate of drug-likeness (QED) is 0.776. The van der Waals surface area contributed by atoms with Gasteiger partial charge in [0.1, 0.15) is 13.2 Å². The van der Waals surface area contributed by atoms with E-state index in [1.807, 2.05) is 0 Å². The normalized spacial score (nSPS) is 19.9. The van der Waals surface area contributed by atoms with Crippen molar-refractivity contribution in [1.29, 1.82) is 0 Å². The predicted octanol–water partition coefficient (Wildman–Crippen LogP) is 3.92. The van der Waals surface area contributed by atoms with Gasteiger partial charge in [0.05, 0.1) is 0 Å². The standard InChI is InChI=1S/C17H12ClF3N2O5/c18-9-1-3-12-14(7-9)28-17(27-12,16(19,20)21)23-15(24)22-10-2-4-11-13(8-10)26-6-5-25-11/h1-4,7-8H,5-6H2,(H2,22,23,24). The second-order valence-electron chi connectivity index (χ2n) is 5.85. The minimum Gasteiger partial charge on any atom is -0.486 e. The summed E-state index contributed by atoms with van der Waals surface area (Å²) in [4.78, 5) is 12.2. The molecular weight excluding hydrogens is 405 g/mol. The lowest BCUT2D eigenvalue weighted by molar-refractivity contribution is -0.317. The van der Waals surface area contributed by atoms with Crippen LogP contribution in [0.1, 0.15) is 0 Å². The minimum absolute atomic E-state index is 0.154. The van der Waals surface area contributed by atoms with Crippen LogP contribution in [0.2, 0.25) is 5.02 Å². The van der Waals surface area contributed by atoms with Crippen molar-refractivity contribution in [3.63, 3.8) is 0 Å². The number of anilines is 1. The second-order valence-corrected chi connectivity index (χ2v) is 6.28. The maximum atomic E-state index is 13.6. The highest BCUT2D eigenvalue weighted by Crippen LogP contribution is 2.46. The number of ether oxygens (including phenoxy) is 4. The average molecular weight is 417 g/mol. The Balaban J connectivity index is 1.53. The molecule has 2 aromatic carbocycles. The Hall–Kier alpha value is -3.01. The average Bonchev–Trinajstić information content (AvgIpc) is 2.99. The summed E-state index contributed by atoms with van der Waals surface area (Å²) in [6.45, 7) is 0.704. The highest BCUT2D eigenvalue weighted by molar-refractivity contribution is 6.30. The number of alkyl halides is 3. The lowest BCUT2D eigenvalue weighted by atomic mass is 10.2. The summed E-state index contributed by atoms with van der Waals surface area (Å²) in [5.74, 6) is -3.01. The van der Waals surface area contributed by atoms with Gasteiger partial charge in [0.2, 0.25) is 0 Å². The first-order valence-electron chi connectivity index (χ1n) is 7.99. The summed E-state index contributed by atoms with van der Waals surface area (Å²) < 4.78 is 61.4. The van der Waals surface area contributed by atoms with Crippen LogP contribution in [0.3, 0.4) is 0 Å². The maximum Gasteiger partial charge on any atom is 0.492 e. The second kappa shape index (κ2) is 6.55. The van der Waals surface area contributed by atoms with Crippen molar-refractivity contribution in [2.45, 2.75) is 12.1 Å². The van der Waals surface area contributed by atoms with Crippen LogP contribution in [0.15, 0.2) is 36.4 Å². The molecule has 0 fully saturated rings. The van der Waals surface area contributed by atoms with Crippen molar-refractivity contribution in [1.82, 2.24) is 5.32 Å². The van der Waals surface area contributed by atoms with Gasteiger partial charge in [-0.25, -0.2) is 4.79 Å². The van der Waals surface area contributed by atoms with Crippen molar-refractivity contribution < 1.29 is 36.9 Å². The molecule has 0 spiro atoms. The molecule has 2 aliphatic heterocycles. The molecule has 0 bridgehead atoms. The van der Waals surface area contributed by atoms with E-state index in [0.29, 0.717) is 24.7 Å². The topological polar surface area (TPSA) is 78.1 Å². The first kappa shape index (κ1) is 18.4. The summed E-state index contributed by atoms with van der Waals surface area (Å²) >= 11 is 5.76. The van der Waals surface area contributed by atoms with E-state index >= 15 is 0 Å². The molecule has 2 aliphatic rings. The van der Waals surface area contributed by atoms with Crippen molar-refractivity contribution in [3.05, 3.63) is 41.4 Å². The molecule has 0 aliphatic carbocycles. The van der Waals surface area contributed by atoms with Crippen LogP contribution in [-0.2, 0) is 0 Å². The van der Waals surface area contributed by atoms with Crippen molar-refractivity contribution in [2.24, 2.45) is 0 Å². The van der Waals surface area contributed by atoms with E-state index in [4.69, 9.17) is 30.5 Å². The number of hydrogen-bond donors (Lipinski definition) is 2. The Labute approximate surface area is 161 Å². The first-order chi connectivity index (χ1) is 13.3. The Morgan fingerprint density at radius 2 is 1.64 bits per heavy atom. The first-order valence-corrected chi connectivity index (χ1v) is 8.37. The van der Waals surface area contributed by atoms with Crippen LogP contribution < -0.4 is 29.6 Å². The van der Waals surface area contributed by atoms with Crippen LogP contribution in [0.5, 0.6) is 23.0 Å². The number of halogens is 4. The van der Waals surface area contributed by atoms with Gasteiger partial charge in [-0.05, 0) is 24.3 Å². The summed E-state index contributed by atoms with van der Waals surface area (Å²) in [7, 11) is 0. The summed E-state index contributed by atoms with van der Waals surface area (Å²) in [5, 5.41) is 4.13. The van der Waals surface area contributed by atoms with Gasteiger partial charge < -0.3 is 24.3 Å². The molecule has 11 heteroatoms. The van der Waals surface area contributed by atoms with E-state index in [1.165, 1.54) is 30.3 Å². The third-order valence-electron chi connectivity index (χ3n) is 3.86. The number of carbonyl (C=O) groups is 1. The Kier molecular flexibility index (Phi) is 4.30. The van der Waals surface area contributed by atoms with E-state index in [9.17, 15) is 18.0 Å². The third-order valence-corrected chi connectivity index (χ3v) is 4.10. The van der Waals surface area contributed by atoms with Crippen molar-refractivity contribution >= 4 is 23.3 Å². The zero-order chi connectivity index (χ0) is 19.9. The molecule has 0 saturated heterocycles. The van der Waals surface area contributed by atoms with E-state index < -0.39 is 18.1 Å². The molecular formula is C17H12ClF3N2O5. The highest BCUT2D eigenvalue weighted by atomic mass is 35.5.